The second kappa shape index (κ2) is 3.91. The molecule has 6 heteroatoms. The molecule has 0 bridgehead atoms. The number of carboxylic acid groups (broad SMARTS) is 1. The second-order valence-electron chi connectivity index (χ2n) is 3.00. The van der Waals surface area contributed by atoms with Crippen LogP contribution >= 0.6 is 0 Å². The molecule has 6 nitrogen and oxygen atoms in total. The molecule has 0 aliphatic rings. The minimum Gasteiger partial charge on any atom is -0.481 e. The lowest BCUT2D eigenvalue weighted by Gasteiger charge is -2.05. The normalized spacial score (nSPS) is 12.4. The van der Waals surface area contributed by atoms with E-state index in [1.807, 2.05) is 0 Å². The van der Waals surface area contributed by atoms with Crippen molar-refractivity contribution in [2.75, 3.05) is 0 Å². The monoisotopic (exact) mass is 198 g/mol. The zero-order valence-corrected chi connectivity index (χ0v) is 7.54. The van der Waals surface area contributed by atoms with Crippen molar-refractivity contribution in [3.8, 4) is 0 Å². The SMILES string of the molecule is CC(Cc1cn(O)c(=O)cn1)C(=O)O. The molecule has 1 unspecified atom stereocenters. The van der Waals surface area contributed by atoms with E-state index in [0.29, 0.717) is 10.4 Å². The topological polar surface area (TPSA) is 92.4 Å². The van der Waals surface area contributed by atoms with Crippen molar-refractivity contribution >= 4 is 5.97 Å². The van der Waals surface area contributed by atoms with Gasteiger partial charge in [0.05, 0.1) is 24.0 Å². The highest BCUT2D eigenvalue weighted by atomic mass is 16.5. The largest absolute Gasteiger partial charge is 0.481 e. The van der Waals surface area contributed by atoms with Crippen LogP contribution in [0.15, 0.2) is 17.2 Å². The van der Waals surface area contributed by atoms with Gasteiger partial charge in [0.25, 0.3) is 0 Å². The third kappa shape index (κ3) is 2.32. The number of rotatable bonds is 3. The number of aliphatic carboxylic acids is 1. The predicted octanol–water partition coefficient (Wildman–Crippen LogP) is -0.256. The number of carbonyl (C=O) groups is 1. The molecule has 0 saturated heterocycles. The van der Waals surface area contributed by atoms with E-state index >= 15 is 0 Å². The van der Waals surface area contributed by atoms with E-state index < -0.39 is 17.4 Å². The van der Waals surface area contributed by atoms with Gasteiger partial charge in [-0.25, -0.2) is 0 Å². The van der Waals surface area contributed by atoms with Gasteiger partial charge < -0.3 is 10.3 Å². The summed E-state index contributed by atoms with van der Waals surface area (Å²) in [5, 5.41) is 17.6. The van der Waals surface area contributed by atoms with Crippen molar-refractivity contribution in [2.45, 2.75) is 13.3 Å². The van der Waals surface area contributed by atoms with E-state index in [9.17, 15) is 9.59 Å². The van der Waals surface area contributed by atoms with E-state index in [4.69, 9.17) is 10.3 Å². The summed E-state index contributed by atoms with van der Waals surface area (Å²) in [5.41, 5.74) is -0.279. The average Bonchev–Trinajstić information content (AvgIpc) is 2.11. The Kier molecular flexibility index (Phi) is 2.85. The second-order valence-corrected chi connectivity index (χ2v) is 3.00. The number of carboxylic acids is 1. The van der Waals surface area contributed by atoms with Crippen LogP contribution < -0.4 is 5.56 Å². The van der Waals surface area contributed by atoms with Gasteiger partial charge in [0.1, 0.15) is 0 Å². The smallest absolute Gasteiger partial charge is 0.306 e. The lowest BCUT2D eigenvalue weighted by molar-refractivity contribution is -0.141. The van der Waals surface area contributed by atoms with E-state index in [-0.39, 0.29) is 6.42 Å². The minimum absolute atomic E-state index is 0.177. The van der Waals surface area contributed by atoms with Gasteiger partial charge in [0.2, 0.25) is 0 Å². The Bertz CT molecular complexity index is 399. The summed E-state index contributed by atoms with van der Waals surface area (Å²) in [5.74, 6) is -1.54. The molecule has 0 spiro atoms. The Morgan fingerprint density at radius 3 is 2.86 bits per heavy atom. The van der Waals surface area contributed by atoms with E-state index in [2.05, 4.69) is 4.98 Å². The molecule has 1 aromatic heterocycles. The average molecular weight is 198 g/mol. The Hall–Kier alpha value is -1.85. The highest BCUT2D eigenvalue weighted by Gasteiger charge is 2.12. The summed E-state index contributed by atoms with van der Waals surface area (Å²) in [4.78, 5) is 24.9. The van der Waals surface area contributed by atoms with E-state index in [0.717, 1.165) is 12.4 Å². The van der Waals surface area contributed by atoms with Gasteiger partial charge in [-0.05, 0) is 0 Å². The van der Waals surface area contributed by atoms with Gasteiger partial charge in [0.15, 0.2) is 0 Å². The van der Waals surface area contributed by atoms with Crippen LogP contribution in [0.3, 0.4) is 0 Å². The van der Waals surface area contributed by atoms with E-state index in [1.54, 1.807) is 0 Å². The molecule has 1 aromatic rings. The summed E-state index contributed by atoms with van der Waals surface area (Å²) in [6, 6.07) is 0. The predicted molar refractivity (Wildman–Crippen MR) is 46.2 cm³/mol. The van der Waals surface area contributed by atoms with Crippen molar-refractivity contribution < 1.29 is 15.1 Å². The Morgan fingerprint density at radius 1 is 1.71 bits per heavy atom. The van der Waals surface area contributed by atoms with Crippen molar-refractivity contribution in [3.05, 3.63) is 28.4 Å². The van der Waals surface area contributed by atoms with Crippen molar-refractivity contribution in [1.29, 1.82) is 0 Å². The van der Waals surface area contributed by atoms with Crippen molar-refractivity contribution in [1.82, 2.24) is 9.71 Å². The fourth-order valence-corrected chi connectivity index (χ4v) is 0.942. The van der Waals surface area contributed by atoms with E-state index in [1.165, 1.54) is 6.92 Å². The van der Waals surface area contributed by atoms with Gasteiger partial charge in [-0.15, -0.1) is 0 Å². The third-order valence-corrected chi connectivity index (χ3v) is 1.77. The molecule has 14 heavy (non-hydrogen) atoms. The summed E-state index contributed by atoms with van der Waals surface area (Å²) in [6.45, 7) is 1.52. The molecule has 0 aliphatic heterocycles. The Balaban J connectivity index is 2.83. The molecule has 1 atom stereocenters. The highest BCUT2D eigenvalue weighted by molar-refractivity contribution is 5.69. The maximum absolute atomic E-state index is 10.7. The number of hydrogen-bond donors (Lipinski definition) is 2. The van der Waals surface area contributed by atoms with Crippen LogP contribution in [0.1, 0.15) is 12.6 Å². The summed E-state index contributed by atoms with van der Waals surface area (Å²) >= 11 is 0. The first-order valence-corrected chi connectivity index (χ1v) is 4.00. The number of aromatic nitrogens is 2. The molecule has 2 N–H and O–H groups in total. The number of hydrogen-bond acceptors (Lipinski definition) is 4. The first kappa shape index (κ1) is 10.2. The maximum atomic E-state index is 10.7. The fraction of sp³-hybridized carbons (Fsp3) is 0.375. The molecular formula is C8H10N2O4. The zero-order valence-electron chi connectivity index (χ0n) is 7.54. The van der Waals surface area contributed by atoms with Crippen LogP contribution in [0.4, 0.5) is 0 Å². The van der Waals surface area contributed by atoms with Gasteiger partial charge in [0, 0.05) is 6.42 Å². The molecule has 1 heterocycles. The molecule has 0 aliphatic carbocycles. The quantitative estimate of drug-likeness (QED) is 0.653. The highest BCUT2D eigenvalue weighted by Crippen LogP contribution is 2.03. The van der Waals surface area contributed by atoms with Gasteiger partial charge in [-0.3, -0.25) is 14.6 Å². The maximum Gasteiger partial charge on any atom is 0.306 e. The minimum atomic E-state index is -0.942. The van der Waals surface area contributed by atoms with Crippen molar-refractivity contribution in [2.24, 2.45) is 5.92 Å². The Morgan fingerprint density at radius 2 is 2.36 bits per heavy atom. The summed E-state index contributed by atoms with van der Waals surface area (Å²) in [7, 11) is 0. The van der Waals surface area contributed by atoms with Crippen LogP contribution in [-0.4, -0.2) is 26.0 Å². The fourth-order valence-electron chi connectivity index (χ4n) is 0.942. The summed E-state index contributed by atoms with van der Waals surface area (Å²) < 4.78 is 0.386. The first-order chi connectivity index (χ1) is 6.50. The van der Waals surface area contributed by atoms with Crippen LogP contribution in [0.5, 0.6) is 0 Å². The standard InChI is InChI=1S/C8H10N2O4/c1-5(8(12)13)2-6-4-10(14)7(11)3-9-6/h3-5,14H,2H2,1H3,(H,12,13). The molecule has 76 valence electrons. The molecule has 0 fully saturated rings. The van der Waals surface area contributed by atoms with Crippen LogP contribution in [0, 0.1) is 5.92 Å². The van der Waals surface area contributed by atoms with Crippen molar-refractivity contribution in [3.63, 3.8) is 0 Å². The lowest BCUT2D eigenvalue weighted by atomic mass is 10.1. The molecule has 0 aromatic carbocycles. The van der Waals surface area contributed by atoms with Crippen LogP contribution in [-0.2, 0) is 11.2 Å². The van der Waals surface area contributed by atoms with Gasteiger partial charge in [-0.1, -0.05) is 6.92 Å². The molecule has 0 amide bonds. The van der Waals surface area contributed by atoms with Crippen LogP contribution in [0.2, 0.25) is 0 Å². The van der Waals surface area contributed by atoms with Gasteiger partial charge in [-0.2, -0.15) is 4.73 Å². The summed E-state index contributed by atoms with van der Waals surface area (Å²) in [6.07, 6.45) is 2.24. The zero-order chi connectivity index (χ0) is 10.7. The molecule has 1 rings (SSSR count). The molecule has 0 radical (unpaired) electrons. The van der Waals surface area contributed by atoms with Gasteiger partial charge >= 0.3 is 11.5 Å². The Labute approximate surface area is 79.4 Å². The number of nitrogens with zero attached hydrogens (tertiary/aromatic N) is 2. The van der Waals surface area contributed by atoms with Crippen LogP contribution in [0.25, 0.3) is 0 Å². The first-order valence-electron chi connectivity index (χ1n) is 4.00. The molecular weight excluding hydrogens is 188 g/mol. The third-order valence-electron chi connectivity index (χ3n) is 1.77. The molecule has 0 saturated carbocycles. The lowest BCUT2D eigenvalue weighted by Crippen LogP contribution is -2.20.